The molecule has 0 aliphatic rings. The molecule has 0 amide bonds. The van der Waals surface area contributed by atoms with E-state index in [1.807, 2.05) is 0 Å². The van der Waals surface area contributed by atoms with Crippen LogP contribution in [0.1, 0.15) is 31.1 Å². The molecule has 0 fully saturated rings. The quantitative estimate of drug-likeness (QED) is 0.635. The lowest BCUT2D eigenvalue weighted by Gasteiger charge is -2.19. The predicted molar refractivity (Wildman–Crippen MR) is 81.2 cm³/mol. The van der Waals surface area contributed by atoms with E-state index in [0.717, 1.165) is 10.9 Å². The van der Waals surface area contributed by atoms with Crippen LogP contribution in [-0.2, 0) is 4.74 Å². The van der Waals surface area contributed by atoms with Crippen LogP contribution in [0, 0.1) is 0 Å². The Hall–Kier alpha value is -2.90. The highest BCUT2D eigenvalue weighted by Gasteiger charge is 2.22. The molecule has 2 aromatic heterocycles. The van der Waals surface area contributed by atoms with Crippen molar-refractivity contribution in [3.05, 3.63) is 30.1 Å². The second-order valence-corrected chi connectivity index (χ2v) is 5.59. The molecule has 0 radical (unpaired) electrons. The van der Waals surface area contributed by atoms with Gasteiger partial charge in [0.05, 0.1) is 0 Å². The number of allylic oxidation sites excluding steroid dienone is 1. The van der Waals surface area contributed by atoms with E-state index in [1.165, 1.54) is 18.3 Å². The first-order valence-electron chi connectivity index (χ1n) is 6.53. The number of anilines is 1. The molecule has 0 unspecified atom stereocenters. The normalized spacial score (nSPS) is 12.0. The first kappa shape index (κ1) is 15.5. The molecule has 0 aliphatic heterocycles. The van der Waals surface area contributed by atoms with Gasteiger partial charge < -0.3 is 16.2 Å². The number of nitrogen functional groups attached to an aromatic ring is 1. The molecule has 22 heavy (non-hydrogen) atoms. The first-order valence-corrected chi connectivity index (χ1v) is 6.53. The summed E-state index contributed by atoms with van der Waals surface area (Å²) in [6.45, 7) is 5.21. The molecule has 0 saturated heterocycles. The van der Waals surface area contributed by atoms with Crippen molar-refractivity contribution in [2.45, 2.75) is 26.4 Å². The summed E-state index contributed by atoms with van der Waals surface area (Å²) in [4.78, 5) is 28.1. The zero-order chi connectivity index (χ0) is 16.5. The van der Waals surface area contributed by atoms with Crippen molar-refractivity contribution in [2.24, 2.45) is 5.73 Å². The van der Waals surface area contributed by atoms with Gasteiger partial charge in [-0.15, -0.1) is 5.10 Å². The number of carbonyl (C=O) groups is 2. The number of hydrogen-bond donors (Lipinski definition) is 2. The van der Waals surface area contributed by atoms with Gasteiger partial charge in [0.2, 0.25) is 0 Å². The summed E-state index contributed by atoms with van der Waals surface area (Å²) < 4.78 is 6.24. The van der Waals surface area contributed by atoms with E-state index >= 15 is 0 Å². The Morgan fingerprint density at radius 3 is 2.64 bits per heavy atom. The van der Waals surface area contributed by atoms with Gasteiger partial charge in [0.25, 0.3) is 0 Å². The van der Waals surface area contributed by atoms with E-state index < -0.39 is 11.7 Å². The number of pyridine rings is 1. The first-order chi connectivity index (χ1) is 10.2. The van der Waals surface area contributed by atoms with Crippen LogP contribution in [0.25, 0.3) is 11.0 Å². The van der Waals surface area contributed by atoms with Gasteiger partial charge in [-0.25, -0.2) is 9.78 Å². The maximum atomic E-state index is 12.2. The van der Waals surface area contributed by atoms with Crippen LogP contribution >= 0.6 is 0 Å². The number of ketones is 1. The monoisotopic (exact) mass is 303 g/mol. The Morgan fingerprint density at radius 1 is 1.36 bits per heavy atom. The molecule has 0 saturated carbocycles. The van der Waals surface area contributed by atoms with Crippen LogP contribution in [0.3, 0.4) is 0 Å². The van der Waals surface area contributed by atoms with Crippen LogP contribution in [0.5, 0.6) is 0 Å². The molecule has 2 aromatic rings. The van der Waals surface area contributed by atoms with Gasteiger partial charge in [-0.2, -0.15) is 4.68 Å². The van der Waals surface area contributed by atoms with Gasteiger partial charge in [0.15, 0.2) is 11.6 Å². The number of aromatic nitrogens is 3. The maximum absolute atomic E-state index is 12.2. The SMILES string of the molecule is CC(C)(C)OC(=O)n1nc(N)c2ncc(C(=O)/C=C/N)cc21. The zero-order valence-corrected chi connectivity index (χ0v) is 12.5. The maximum Gasteiger partial charge on any atom is 0.435 e. The fourth-order valence-electron chi connectivity index (χ4n) is 1.78. The van der Waals surface area contributed by atoms with E-state index in [-0.39, 0.29) is 17.2 Å². The van der Waals surface area contributed by atoms with Crippen molar-refractivity contribution < 1.29 is 14.3 Å². The molecule has 0 aromatic carbocycles. The van der Waals surface area contributed by atoms with E-state index in [0.29, 0.717) is 11.0 Å². The van der Waals surface area contributed by atoms with Crippen LogP contribution in [-0.4, -0.2) is 32.2 Å². The molecule has 8 heteroatoms. The lowest BCUT2D eigenvalue weighted by Crippen LogP contribution is -2.27. The number of ether oxygens (including phenoxy) is 1. The van der Waals surface area contributed by atoms with Crippen molar-refractivity contribution in [1.29, 1.82) is 0 Å². The highest BCUT2D eigenvalue weighted by molar-refractivity contribution is 6.06. The average Bonchev–Trinajstić information content (AvgIpc) is 2.74. The molecular formula is C14H17N5O3. The smallest absolute Gasteiger partial charge is 0.435 e. The standard InChI is InChI=1S/C14H17N5O3/c1-14(2,3)22-13(21)19-9-6-8(10(20)4-5-15)7-17-11(9)12(16)18-19/h4-7H,15H2,1-3H3,(H2,16,18)/b5-4+. The van der Waals surface area contributed by atoms with Crippen molar-refractivity contribution in [3.8, 4) is 0 Å². The minimum absolute atomic E-state index is 0.0780. The molecule has 0 aliphatic carbocycles. The Labute approximate surface area is 126 Å². The molecule has 8 nitrogen and oxygen atoms in total. The summed E-state index contributed by atoms with van der Waals surface area (Å²) in [6.07, 6.45) is 2.98. The van der Waals surface area contributed by atoms with E-state index in [4.69, 9.17) is 16.2 Å². The average molecular weight is 303 g/mol. The zero-order valence-electron chi connectivity index (χ0n) is 12.5. The van der Waals surface area contributed by atoms with Gasteiger partial charge >= 0.3 is 6.09 Å². The molecule has 0 spiro atoms. The van der Waals surface area contributed by atoms with Gasteiger partial charge in [-0.05, 0) is 33.0 Å². The van der Waals surface area contributed by atoms with E-state index in [2.05, 4.69) is 10.1 Å². The van der Waals surface area contributed by atoms with Gasteiger partial charge in [0.1, 0.15) is 16.6 Å². The fraction of sp³-hybridized carbons (Fsp3) is 0.286. The predicted octanol–water partition coefficient (Wildman–Crippen LogP) is 1.45. The molecule has 116 valence electrons. The highest BCUT2D eigenvalue weighted by atomic mass is 16.6. The van der Waals surface area contributed by atoms with Crippen LogP contribution in [0.4, 0.5) is 10.6 Å². The van der Waals surface area contributed by atoms with E-state index in [1.54, 1.807) is 20.8 Å². The third kappa shape index (κ3) is 3.05. The summed E-state index contributed by atoms with van der Waals surface area (Å²) in [5.74, 6) is -0.262. The lowest BCUT2D eigenvalue weighted by atomic mass is 10.1. The Kier molecular flexibility index (Phi) is 3.85. The van der Waals surface area contributed by atoms with Crippen molar-refractivity contribution in [1.82, 2.24) is 14.8 Å². The minimum Gasteiger partial charge on any atom is -0.442 e. The van der Waals surface area contributed by atoms with Crippen molar-refractivity contribution in [2.75, 3.05) is 5.73 Å². The second-order valence-electron chi connectivity index (χ2n) is 5.59. The number of nitrogens with zero attached hydrogens (tertiary/aromatic N) is 3. The van der Waals surface area contributed by atoms with Crippen molar-refractivity contribution in [3.63, 3.8) is 0 Å². The minimum atomic E-state index is -0.699. The summed E-state index contributed by atoms with van der Waals surface area (Å²) >= 11 is 0. The number of carbonyl (C=O) groups excluding carboxylic acids is 2. The molecule has 4 N–H and O–H groups in total. The fourth-order valence-corrected chi connectivity index (χ4v) is 1.78. The highest BCUT2D eigenvalue weighted by Crippen LogP contribution is 2.21. The number of rotatable bonds is 2. The Bertz CT molecular complexity index is 771. The van der Waals surface area contributed by atoms with Crippen LogP contribution < -0.4 is 11.5 Å². The summed E-state index contributed by atoms with van der Waals surface area (Å²) in [5, 5.41) is 3.92. The molecule has 0 bridgehead atoms. The summed E-state index contributed by atoms with van der Waals surface area (Å²) in [7, 11) is 0. The van der Waals surface area contributed by atoms with E-state index in [9.17, 15) is 9.59 Å². The van der Waals surface area contributed by atoms with Gasteiger partial charge in [-0.3, -0.25) is 4.79 Å². The Morgan fingerprint density at radius 2 is 2.05 bits per heavy atom. The van der Waals surface area contributed by atoms with Crippen LogP contribution in [0.2, 0.25) is 0 Å². The summed E-state index contributed by atoms with van der Waals surface area (Å²) in [5.41, 5.74) is 11.1. The number of fused-ring (bicyclic) bond motifs is 1. The number of nitrogens with two attached hydrogens (primary N) is 2. The second kappa shape index (κ2) is 5.47. The third-order valence-corrected chi connectivity index (χ3v) is 2.64. The molecule has 2 heterocycles. The number of hydrogen-bond acceptors (Lipinski definition) is 7. The van der Waals surface area contributed by atoms with Gasteiger partial charge in [-0.1, -0.05) is 0 Å². The Balaban J connectivity index is 2.53. The van der Waals surface area contributed by atoms with Crippen molar-refractivity contribution >= 4 is 28.7 Å². The molecule has 0 atom stereocenters. The van der Waals surface area contributed by atoms with Gasteiger partial charge in [0, 0.05) is 17.8 Å². The topological polar surface area (TPSA) is 126 Å². The lowest BCUT2D eigenvalue weighted by molar-refractivity contribution is 0.0523. The summed E-state index contributed by atoms with van der Waals surface area (Å²) in [6, 6.07) is 1.47. The largest absolute Gasteiger partial charge is 0.442 e. The molecular weight excluding hydrogens is 286 g/mol. The van der Waals surface area contributed by atoms with Crippen LogP contribution in [0.15, 0.2) is 24.5 Å². The third-order valence-electron chi connectivity index (χ3n) is 2.64. The molecule has 2 rings (SSSR count).